The number of rotatable bonds is 4. The van der Waals surface area contributed by atoms with E-state index in [0.717, 1.165) is 12.6 Å². The van der Waals surface area contributed by atoms with Crippen molar-refractivity contribution < 1.29 is 0 Å². The van der Waals surface area contributed by atoms with Crippen LogP contribution in [0.2, 0.25) is 0 Å². The second kappa shape index (κ2) is 6.91. The summed E-state index contributed by atoms with van der Waals surface area (Å²) in [5, 5.41) is 0. The van der Waals surface area contributed by atoms with Crippen LogP contribution in [0, 0.1) is 0 Å². The summed E-state index contributed by atoms with van der Waals surface area (Å²) in [5.41, 5.74) is 4.05. The number of benzene rings is 2. The molecule has 2 aromatic rings. The number of hydrogen-bond acceptors (Lipinski definition) is 1. The summed E-state index contributed by atoms with van der Waals surface area (Å²) < 4.78 is 0. The molecule has 1 nitrogen and oxygen atoms in total. The molecule has 0 atom stereocenters. The molecule has 0 aliphatic heterocycles. The van der Waals surface area contributed by atoms with Gasteiger partial charge in [0.05, 0.1) is 0 Å². The van der Waals surface area contributed by atoms with Gasteiger partial charge in [0.2, 0.25) is 0 Å². The number of nitrogens with zero attached hydrogens (tertiary/aromatic N) is 1. The Labute approximate surface area is 128 Å². The van der Waals surface area contributed by atoms with Gasteiger partial charge in [-0.3, -0.25) is 4.90 Å². The molecule has 0 amide bonds. The van der Waals surface area contributed by atoms with Crippen LogP contribution in [0.15, 0.2) is 54.6 Å². The van der Waals surface area contributed by atoms with Crippen molar-refractivity contribution in [3.8, 4) is 11.1 Å². The Balaban J connectivity index is 1.71. The van der Waals surface area contributed by atoms with E-state index in [1.807, 2.05) is 0 Å². The fourth-order valence-corrected chi connectivity index (χ4v) is 3.42. The van der Waals surface area contributed by atoms with Gasteiger partial charge < -0.3 is 0 Å². The zero-order valence-electron chi connectivity index (χ0n) is 13.0. The van der Waals surface area contributed by atoms with Crippen molar-refractivity contribution in [3.63, 3.8) is 0 Å². The zero-order valence-corrected chi connectivity index (χ0v) is 13.0. The average Bonchev–Trinajstić information content (AvgIpc) is 2.57. The van der Waals surface area contributed by atoms with Crippen LogP contribution in [0.25, 0.3) is 11.1 Å². The van der Waals surface area contributed by atoms with Crippen molar-refractivity contribution in [1.29, 1.82) is 0 Å². The van der Waals surface area contributed by atoms with E-state index in [1.54, 1.807) is 0 Å². The summed E-state index contributed by atoms with van der Waals surface area (Å²) in [6, 6.07) is 20.4. The van der Waals surface area contributed by atoms with Crippen molar-refractivity contribution in [2.45, 2.75) is 44.7 Å². The van der Waals surface area contributed by atoms with E-state index in [9.17, 15) is 0 Å². The SMILES string of the molecule is CN(Cc1cccc(-c2ccccc2)c1)C1CCCCC1. The van der Waals surface area contributed by atoms with E-state index < -0.39 is 0 Å². The Kier molecular flexibility index (Phi) is 4.72. The molecule has 0 aromatic heterocycles. The van der Waals surface area contributed by atoms with Crippen LogP contribution in [0.1, 0.15) is 37.7 Å². The van der Waals surface area contributed by atoms with Gasteiger partial charge in [0.15, 0.2) is 0 Å². The van der Waals surface area contributed by atoms with Gasteiger partial charge in [0.1, 0.15) is 0 Å². The predicted molar refractivity (Wildman–Crippen MR) is 90.2 cm³/mol. The normalized spacial score (nSPS) is 16.3. The van der Waals surface area contributed by atoms with E-state index in [1.165, 1.54) is 48.8 Å². The van der Waals surface area contributed by atoms with Crippen molar-refractivity contribution in [2.75, 3.05) is 7.05 Å². The van der Waals surface area contributed by atoms with Crippen LogP contribution in [0.3, 0.4) is 0 Å². The van der Waals surface area contributed by atoms with Crippen molar-refractivity contribution in [3.05, 3.63) is 60.2 Å². The Morgan fingerprint density at radius 1 is 0.857 bits per heavy atom. The van der Waals surface area contributed by atoms with E-state index >= 15 is 0 Å². The first kappa shape index (κ1) is 14.3. The summed E-state index contributed by atoms with van der Waals surface area (Å²) in [6.45, 7) is 1.06. The standard InChI is InChI=1S/C20H25N/c1-21(20-13-6-3-7-14-20)16-17-9-8-12-19(15-17)18-10-4-2-5-11-18/h2,4-5,8-12,15,20H,3,6-7,13-14,16H2,1H3. The molecule has 1 fully saturated rings. The molecule has 21 heavy (non-hydrogen) atoms. The molecule has 0 bridgehead atoms. The minimum Gasteiger partial charge on any atom is -0.299 e. The highest BCUT2D eigenvalue weighted by Gasteiger charge is 2.17. The fourth-order valence-electron chi connectivity index (χ4n) is 3.42. The van der Waals surface area contributed by atoms with Crippen molar-refractivity contribution in [1.82, 2.24) is 4.90 Å². The Bertz CT molecular complexity index is 555. The second-order valence-electron chi connectivity index (χ2n) is 6.27. The zero-order chi connectivity index (χ0) is 14.5. The third-order valence-corrected chi connectivity index (χ3v) is 4.66. The first-order chi connectivity index (χ1) is 10.3. The molecule has 0 unspecified atom stereocenters. The van der Waals surface area contributed by atoms with Crippen molar-refractivity contribution >= 4 is 0 Å². The average molecular weight is 279 g/mol. The molecule has 1 aliphatic rings. The summed E-state index contributed by atoms with van der Waals surface area (Å²) in [7, 11) is 2.28. The van der Waals surface area contributed by atoms with Crippen LogP contribution in [0.5, 0.6) is 0 Å². The molecule has 0 heterocycles. The van der Waals surface area contributed by atoms with E-state index in [4.69, 9.17) is 0 Å². The van der Waals surface area contributed by atoms with Gasteiger partial charge >= 0.3 is 0 Å². The van der Waals surface area contributed by atoms with Crippen LogP contribution in [0.4, 0.5) is 0 Å². The number of hydrogen-bond donors (Lipinski definition) is 0. The summed E-state index contributed by atoms with van der Waals surface area (Å²) in [6.07, 6.45) is 6.97. The smallest absolute Gasteiger partial charge is 0.0233 e. The van der Waals surface area contributed by atoms with Crippen LogP contribution >= 0.6 is 0 Å². The minimum atomic E-state index is 0.777. The molecule has 1 saturated carbocycles. The maximum Gasteiger partial charge on any atom is 0.0233 e. The topological polar surface area (TPSA) is 3.24 Å². The lowest BCUT2D eigenvalue weighted by molar-refractivity contribution is 0.184. The van der Waals surface area contributed by atoms with E-state index in [-0.39, 0.29) is 0 Å². The molecule has 0 N–H and O–H groups in total. The quantitative estimate of drug-likeness (QED) is 0.751. The summed E-state index contributed by atoms with van der Waals surface area (Å²) in [4.78, 5) is 2.54. The third-order valence-electron chi connectivity index (χ3n) is 4.66. The van der Waals surface area contributed by atoms with Gasteiger partial charge in [-0.2, -0.15) is 0 Å². The van der Waals surface area contributed by atoms with Crippen LogP contribution in [-0.4, -0.2) is 18.0 Å². The van der Waals surface area contributed by atoms with E-state index in [2.05, 4.69) is 66.5 Å². The van der Waals surface area contributed by atoms with Crippen LogP contribution in [-0.2, 0) is 6.54 Å². The predicted octanol–water partition coefficient (Wildman–Crippen LogP) is 5.12. The Morgan fingerprint density at radius 2 is 1.57 bits per heavy atom. The van der Waals surface area contributed by atoms with E-state index in [0.29, 0.717) is 0 Å². The fraction of sp³-hybridized carbons (Fsp3) is 0.400. The third kappa shape index (κ3) is 3.74. The molecule has 1 aliphatic carbocycles. The Morgan fingerprint density at radius 3 is 2.33 bits per heavy atom. The molecule has 110 valence electrons. The molecular weight excluding hydrogens is 254 g/mol. The lowest BCUT2D eigenvalue weighted by Gasteiger charge is -2.31. The summed E-state index contributed by atoms with van der Waals surface area (Å²) >= 11 is 0. The first-order valence-corrected chi connectivity index (χ1v) is 8.17. The lowest BCUT2D eigenvalue weighted by Crippen LogP contribution is -2.32. The van der Waals surface area contributed by atoms with Crippen LogP contribution < -0.4 is 0 Å². The Hall–Kier alpha value is -1.60. The van der Waals surface area contributed by atoms with Gasteiger partial charge in [-0.15, -0.1) is 0 Å². The molecule has 1 heteroatoms. The summed E-state index contributed by atoms with van der Waals surface area (Å²) in [5.74, 6) is 0. The van der Waals surface area contributed by atoms with Gasteiger partial charge in [0, 0.05) is 12.6 Å². The highest BCUT2D eigenvalue weighted by atomic mass is 15.1. The molecule has 0 radical (unpaired) electrons. The highest BCUT2D eigenvalue weighted by Crippen LogP contribution is 2.24. The van der Waals surface area contributed by atoms with Gasteiger partial charge in [-0.1, -0.05) is 67.8 Å². The molecule has 0 spiro atoms. The van der Waals surface area contributed by atoms with Gasteiger partial charge in [-0.25, -0.2) is 0 Å². The molecule has 0 saturated heterocycles. The molecular formula is C20H25N. The lowest BCUT2D eigenvalue weighted by atomic mass is 9.94. The second-order valence-corrected chi connectivity index (χ2v) is 6.27. The first-order valence-electron chi connectivity index (χ1n) is 8.17. The maximum absolute atomic E-state index is 2.54. The monoisotopic (exact) mass is 279 g/mol. The largest absolute Gasteiger partial charge is 0.299 e. The van der Waals surface area contributed by atoms with Gasteiger partial charge in [-0.05, 0) is 42.6 Å². The molecule has 3 rings (SSSR count). The van der Waals surface area contributed by atoms with Crippen molar-refractivity contribution in [2.24, 2.45) is 0 Å². The minimum absolute atomic E-state index is 0.777. The van der Waals surface area contributed by atoms with Gasteiger partial charge in [0.25, 0.3) is 0 Å². The highest BCUT2D eigenvalue weighted by molar-refractivity contribution is 5.63. The maximum atomic E-state index is 2.54. The molecule has 2 aromatic carbocycles.